The molecule has 0 radical (unpaired) electrons. The van der Waals surface area contributed by atoms with Crippen molar-refractivity contribution < 1.29 is 14.3 Å². The SMILES string of the molecule is COC(=O)c1nn(C)cc1NC(=O)c1cc(-c2ccc(C)cc2)n[nH]1. The van der Waals surface area contributed by atoms with Gasteiger partial charge in [-0.3, -0.25) is 14.6 Å². The molecule has 3 aromatic rings. The number of hydrogen-bond donors (Lipinski definition) is 2. The predicted molar refractivity (Wildman–Crippen MR) is 91.3 cm³/mol. The minimum atomic E-state index is -0.624. The molecule has 1 aromatic carbocycles. The number of carbonyl (C=O) groups excluding carboxylic acids is 2. The molecule has 2 N–H and O–H groups in total. The van der Waals surface area contributed by atoms with Crippen LogP contribution in [0.4, 0.5) is 5.69 Å². The Labute approximate surface area is 143 Å². The second kappa shape index (κ2) is 6.60. The summed E-state index contributed by atoms with van der Waals surface area (Å²) in [7, 11) is 2.90. The molecule has 1 amide bonds. The highest BCUT2D eigenvalue weighted by Crippen LogP contribution is 2.20. The van der Waals surface area contributed by atoms with Crippen molar-refractivity contribution in [1.29, 1.82) is 0 Å². The van der Waals surface area contributed by atoms with Gasteiger partial charge in [0.05, 0.1) is 18.5 Å². The topological polar surface area (TPSA) is 102 Å². The zero-order chi connectivity index (χ0) is 18.0. The first-order valence-corrected chi connectivity index (χ1v) is 7.53. The molecule has 0 saturated heterocycles. The molecule has 25 heavy (non-hydrogen) atoms. The van der Waals surface area contributed by atoms with E-state index in [0.717, 1.165) is 11.1 Å². The standard InChI is InChI=1S/C17H17N5O3/c1-10-4-6-11(7-5-10)12-8-13(20-19-12)16(23)18-14-9-22(2)21-15(14)17(24)25-3/h4-9H,1-3H3,(H,18,23)(H,19,20). The Morgan fingerprint density at radius 2 is 1.96 bits per heavy atom. The van der Waals surface area contributed by atoms with Crippen molar-refractivity contribution >= 4 is 17.6 Å². The quantitative estimate of drug-likeness (QED) is 0.709. The summed E-state index contributed by atoms with van der Waals surface area (Å²) in [5, 5.41) is 13.5. The Kier molecular flexibility index (Phi) is 4.34. The zero-order valence-electron chi connectivity index (χ0n) is 14.0. The molecule has 0 unspecified atom stereocenters. The van der Waals surface area contributed by atoms with Crippen LogP contribution in [0, 0.1) is 6.92 Å². The maximum absolute atomic E-state index is 12.4. The van der Waals surface area contributed by atoms with Crippen LogP contribution in [0.15, 0.2) is 36.5 Å². The Morgan fingerprint density at radius 3 is 2.64 bits per heavy atom. The third-order valence-corrected chi connectivity index (χ3v) is 3.63. The Hall–Kier alpha value is -3.42. The third kappa shape index (κ3) is 3.42. The van der Waals surface area contributed by atoms with Crippen molar-refractivity contribution in [3.8, 4) is 11.3 Å². The molecule has 0 bridgehead atoms. The van der Waals surface area contributed by atoms with Crippen LogP contribution >= 0.6 is 0 Å². The van der Waals surface area contributed by atoms with Crippen LogP contribution in [0.3, 0.4) is 0 Å². The van der Waals surface area contributed by atoms with E-state index in [4.69, 9.17) is 0 Å². The molecule has 0 atom stereocenters. The van der Waals surface area contributed by atoms with Gasteiger partial charge in [0.15, 0.2) is 5.69 Å². The van der Waals surface area contributed by atoms with Crippen LogP contribution in [0.25, 0.3) is 11.3 Å². The minimum absolute atomic E-state index is 0.0385. The van der Waals surface area contributed by atoms with E-state index in [0.29, 0.717) is 5.69 Å². The number of rotatable bonds is 4. The number of hydrogen-bond acceptors (Lipinski definition) is 5. The van der Waals surface area contributed by atoms with Gasteiger partial charge in [0, 0.05) is 18.8 Å². The first kappa shape index (κ1) is 16.4. The Bertz CT molecular complexity index is 924. The number of anilines is 1. The maximum atomic E-state index is 12.4. The number of aromatic nitrogens is 4. The molecule has 8 heteroatoms. The third-order valence-electron chi connectivity index (χ3n) is 3.63. The fourth-order valence-corrected chi connectivity index (χ4v) is 2.33. The van der Waals surface area contributed by atoms with Gasteiger partial charge in [-0.15, -0.1) is 0 Å². The van der Waals surface area contributed by atoms with E-state index in [2.05, 4.69) is 25.3 Å². The van der Waals surface area contributed by atoms with Gasteiger partial charge in [-0.1, -0.05) is 29.8 Å². The molecule has 0 saturated carbocycles. The van der Waals surface area contributed by atoms with E-state index < -0.39 is 11.9 Å². The number of carbonyl (C=O) groups is 2. The van der Waals surface area contributed by atoms with Gasteiger partial charge in [0.2, 0.25) is 0 Å². The molecule has 8 nitrogen and oxygen atoms in total. The average molecular weight is 339 g/mol. The van der Waals surface area contributed by atoms with Crippen molar-refractivity contribution in [2.24, 2.45) is 7.05 Å². The number of esters is 1. The lowest BCUT2D eigenvalue weighted by Crippen LogP contribution is -2.15. The summed E-state index contributed by atoms with van der Waals surface area (Å²) < 4.78 is 6.09. The lowest BCUT2D eigenvalue weighted by molar-refractivity contribution is 0.0594. The van der Waals surface area contributed by atoms with Gasteiger partial charge in [-0.25, -0.2) is 4.79 Å². The van der Waals surface area contributed by atoms with Crippen LogP contribution in [-0.4, -0.2) is 39.0 Å². The average Bonchev–Trinajstić information content (AvgIpc) is 3.22. The predicted octanol–water partition coefficient (Wildman–Crippen LogP) is 2.16. The summed E-state index contributed by atoms with van der Waals surface area (Å²) in [5.74, 6) is -1.05. The number of aryl methyl sites for hydroxylation is 2. The molecule has 2 heterocycles. The van der Waals surface area contributed by atoms with Crippen molar-refractivity contribution in [3.63, 3.8) is 0 Å². The van der Waals surface area contributed by atoms with E-state index >= 15 is 0 Å². The molecule has 0 fully saturated rings. The summed E-state index contributed by atoms with van der Waals surface area (Å²) in [4.78, 5) is 24.1. The van der Waals surface area contributed by atoms with Gasteiger partial charge < -0.3 is 10.1 Å². The zero-order valence-corrected chi connectivity index (χ0v) is 14.0. The summed E-state index contributed by atoms with van der Waals surface area (Å²) >= 11 is 0. The number of amides is 1. The van der Waals surface area contributed by atoms with Crippen molar-refractivity contribution in [2.75, 3.05) is 12.4 Å². The molecular formula is C17H17N5O3. The van der Waals surface area contributed by atoms with Crippen LogP contribution < -0.4 is 5.32 Å². The number of methoxy groups -OCH3 is 1. The van der Waals surface area contributed by atoms with Gasteiger partial charge >= 0.3 is 5.97 Å². The lowest BCUT2D eigenvalue weighted by Gasteiger charge is -2.02. The molecule has 0 aliphatic rings. The Balaban J connectivity index is 1.81. The minimum Gasteiger partial charge on any atom is -0.464 e. The van der Waals surface area contributed by atoms with Gasteiger partial charge in [0.1, 0.15) is 5.69 Å². The van der Waals surface area contributed by atoms with Crippen LogP contribution in [0.5, 0.6) is 0 Å². The first-order chi connectivity index (χ1) is 12.0. The van der Waals surface area contributed by atoms with Crippen LogP contribution in [0.2, 0.25) is 0 Å². The van der Waals surface area contributed by atoms with E-state index in [9.17, 15) is 9.59 Å². The van der Waals surface area contributed by atoms with E-state index in [1.165, 1.54) is 18.0 Å². The lowest BCUT2D eigenvalue weighted by atomic mass is 10.1. The number of nitrogens with one attached hydrogen (secondary N) is 2. The van der Waals surface area contributed by atoms with Crippen LogP contribution in [-0.2, 0) is 11.8 Å². The fraction of sp³-hybridized carbons (Fsp3) is 0.176. The first-order valence-electron chi connectivity index (χ1n) is 7.53. The highest BCUT2D eigenvalue weighted by Gasteiger charge is 2.20. The molecule has 2 aromatic heterocycles. The Morgan fingerprint density at radius 1 is 1.24 bits per heavy atom. The maximum Gasteiger partial charge on any atom is 0.360 e. The second-order valence-electron chi connectivity index (χ2n) is 5.54. The molecule has 3 rings (SSSR count). The summed E-state index contributed by atoms with van der Waals surface area (Å²) in [6.07, 6.45) is 1.53. The van der Waals surface area contributed by atoms with Gasteiger partial charge in [0.25, 0.3) is 5.91 Å². The highest BCUT2D eigenvalue weighted by molar-refractivity contribution is 6.06. The highest BCUT2D eigenvalue weighted by atomic mass is 16.5. The smallest absolute Gasteiger partial charge is 0.360 e. The molecule has 0 spiro atoms. The monoisotopic (exact) mass is 339 g/mol. The van der Waals surface area contributed by atoms with E-state index in [1.807, 2.05) is 31.2 Å². The summed E-state index contributed by atoms with van der Waals surface area (Å²) in [6.45, 7) is 2.00. The molecular weight excluding hydrogens is 322 g/mol. The van der Waals surface area contributed by atoms with Crippen molar-refractivity contribution in [2.45, 2.75) is 6.92 Å². The van der Waals surface area contributed by atoms with Gasteiger partial charge in [-0.2, -0.15) is 10.2 Å². The number of aromatic amines is 1. The molecule has 0 aliphatic heterocycles. The number of nitrogens with zero attached hydrogens (tertiary/aromatic N) is 3. The van der Waals surface area contributed by atoms with Crippen molar-refractivity contribution in [3.05, 3.63) is 53.5 Å². The number of benzene rings is 1. The second-order valence-corrected chi connectivity index (χ2v) is 5.54. The van der Waals surface area contributed by atoms with Crippen LogP contribution in [0.1, 0.15) is 26.5 Å². The van der Waals surface area contributed by atoms with Crippen molar-refractivity contribution in [1.82, 2.24) is 20.0 Å². The summed E-state index contributed by atoms with van der Waals surface area (Å²) in [5.41, 5.74) is 3.28. The van der Waals surface area contributed by atoms with E-state index in [-0.39, 0.29) is 17.1 Å². The number of ether oxygens (including phenoxy) is 1. The fourth-order valence-electron chi connectivity index (χ4n) is 2.33. The number of H-pyrrole nitrogens is 1. The molecule has 0 aliphatic carbocycles. The largest absolute Gasteiger partial charge is 0.464 e. The summed E-state index contributed by atoms with van der Waals surface area (Å²) in [6, 6.07) is 9.46. The molecule has 128 valence electrons. The normalized spacial score (nSPS) is 10.5. The van der Waals surface area contributed by atoms with Gasteiger partial charge in [-0.05, 0) is 13.0 Å². The van der Waals surface area contributed by atoms with E-state index in [1.54, 1.807) is 13.1 Å².